The summed E-state index contributed by atoms with van der Waals surface area (Å²) in [6.45, 7) is 4.73. The fraction of sp³-hybridized carbons (Fsp3) is 0.381. The Balaban J connectivity index is 0.00000280. The number of hydrogen-bond acceptors (Lipinski definition) is 4. The molecule has 28 heavy (non-hydrogen) atoms. The summed E-state index contributed by atoms with van der Waals surface area (Å²) in [6.07, 6.45) is 0. The molecule has 2 N–H and O–H groups in total. The number of nitrogens with zero attached hydrogens (tertiary/aromatic N) is 1. The number of para-hydroxylation sites is 1. The van der Waals surface area contributed by atoms with Gasteiger partial charge in [-0.15, -0.1) is 12.4 Å². The van der Waals surface area contributed by atoms with Gasteiger partial charge >= 0.3 is 0 Å². The first kappa shape index (κ1) is 22.5. The van der Waals surface area contributed by atoms with Crippen molar-refractivity contribution in [2.24, 2.45) is 0 Å². The van der Waals surface area contributed by atoms with E-state index in [1.54, 1.807) is 7.11 Å². The van der Waals surface area contributed by atoms with Crippen LogP contribution < -0.4 is 15.4 Å². The highest BCUT2D eigenvalue weighted by atomic mass is 35.5. The summed E-state index contributed by atoms with van der Waals surface area (Å²) < 4.78 is 5.52. The molecule has 7 heteroatoms. The lowest BCUT2D eigenvalue weighted by atomic mass is 10.0. The van der Waals surface area contributed by atoms with Crippen LogP contribution in [0.4, 0.5) is 0 Å². The van der Waals surface area contributed by atoms with Crippen LogP contribution in [0.15, 0.2) is 48.5 Å². The lowest BCUT2D eigenvalue weighted by Gasteiger charge is -2.36. The number of methoxy groups -OCH3 is 1. The van der Waals surface area contributed by atoms with E-state index < -0.39 is 0 Å². The summed E-state index contributed by atoms with van der Waals surface area (Å²) in [5.74, 6) is 0.838. The number of carbonyl (C=O) groups excluding carboxylic acids is 1. The Labute approximate surface area is 177 Å². The first-order valence-electron chi connectivity index (χ1n) is 9.21. The predicted molar refractivity (Wildman–Crippen MR) is 115 cm³/mol. The monoisotopic (exact) mass is 423 g/mol. The molecule has 1 saturated heterocycles. The van der Waals surface area contributed by atoms with E-state index in [0.717, 1.165) is 36.5 Å². The molecular weight excluding hydrogens is 397 g/mol. The summed E-state index contributed by atoms with van der Waals surface area (Å²) in [6, 6.07) is 15.5. The SMILES string of the molecule is COc1ccccc1C1CNCCN1CC(=O)NC(C)c1ccccc1Cl.Cl. The average molecular weight is 424 g/mol. The summed E-state index contributed by atoms with van der Waals surface area (Å²) >= 11 is 6.25. The number of benzene rings is 2. The molecule has 1 aliphatic heterocycles. The van der Waals surface area contributed by atoms with Gasteiger partial charge in [-0.3, -0.25) is 9.69 Å². The highest BCUT2D eigenvalue weighted by molar-refractivity contribution is 6.31. The van der Waals surface area contributed by atoms with E-state index in [9.17, 15) is 4.79 Å². The normalized spacial score (nSPS) is 18.0. The van der Waals surface area contributed by atoms with Crippen LogP contribution in [-0.2, 0) is 4.79 Å². The summed E-state index contributed by atoms with van der Waals surface area (Å²) in [5, 5.41) is 7.15. The molecule has 0 radical (unpaired) electrons. The van der Waals surface area contributed by atoms with Gasteiger partial charge in [0.1, 0.15) is 5.75 Å². The van der Waals surface area contributed by atoms with Crippen molar-refractivity contribution in [3.63, 3.8) is 0 Å². The minimum Gasteiger partial charge on any atom is -0.496 e. The largest absolute Gasteiger partial charge is 0.496 e. The Morgan fingerprint density at radius 3 is 2.75 bits per heavy atom. The van der Waals surface area contributed by atoms with E-state index in [1.807, 2.05) is 49.4 Å². The van der Waals surface area contributed by atoms with Gasteiger partial charge in [-0.1, -0.05) is 48.0 Å². The molecule has 0 bridgehead atoms. The van der Waals surface area contributed by atoms with Crippen LogP contribution in [0, 0.1) is 0 Å². The van der Waals surface area contributed by atoms with Gasteiger partial charge < -0.3 is 15.4 Å². The van der Waals surface area contributed by atoms with Gasteiger partial charge in [0.05, 0.1) is 25.7 Å². The van der Waals surface area contributed by atoms with Crippen molar-refractivity contribution in [1.82, 2.24) is 15.5 Å². The lowest BCUT2D eigenvalue weighted by molar-refractivity contribution is -0.123. The first-order chi connectivity index (χ1) is 13.1. The molecule has 2 unspecified atom stereocenters. The van der Waals surface area contributed by atoms with Gasteiger partial charge in [0, 0.05) is 30.2 Å². The van der Waals surface area contributed by atoms with Crippen molar-refractivity contribution >= 4 is 29.9 Å². The van der Waals surface area contributed by atoms with Crippen LogP contribution in [-0.4, -0.2) is 44.1 Å². The van der Waals surface area contributed by atoms with Crippen molar-refractivity contribution in [3.8, 4) is 5.75 Å². The van der Waals surface area contributed by atoms with Gasteiger partial charge in [0.2, 0.25) is 5.91 Å². The van der Waals surface area contributed by atoms with Gasteiger partial charge in [-0.25, -0.2) is 0 Å². The molecule has 2 atom stereocenters. The average Bonchev–Trinajstić information content (AvgIpc) is 2.68. The van der Waals surface area contributed by atoms with Crippen LogP contribution in [0.25, 0.3) is 0 Å². The number of halogens is 2. The molecule has 1 amide bonds. The third-order valence-electron chi connectivity index (χ3n) is 4.95. The van der Waals surface area contributed by atoms with Crippen LogP contribution in [0.2, 0.25) is 5.02 Å². The quantitative estimate of drug-likeness (QED) is 0.744. The van der Waals surface area contributed by atoms with Crippen molar-refractivity contribution in [2.75, 3.05) is 33.3 Å². The fourth-order valence-electron chi connectivity index (χ4n) is 3.56. The number of hydrogen-bond donors (Lipinski definition) is 2. The second kappa shape index (κ2) is 10.7. The number of ether oxygens (including phenoxy) is 1. The third-order valence-corrected chi connectivity index (χ3v) is 5.29. The highest BCUT2D eigenvalue weighted by Crippen LogP contribution is 2.30. The number of rotatable bonds is 6. The maximum absolute atomic E-state index is 12.7. The Morgan fingerprint density at radius 1 is 1.29 bits per heavy atom. The van der Waals surface area contributed by atoms with Crippen LogP contribution in [0.1, 0.15) is 30.1 Å². The van der Waals surface area contributed by atoms with Gasteiger partial charge in [0.25, 0.3) is 0 Å². The number of piperazine rings is 1. The molecular formula is C21H27Cl2N3O2. The topological polar surface area (TPSA) is 53.6 Å². The maximum atomic E-state index is 12.7. The molecule has 1 heterocycles. The Hall–Kier alpha value is -1.79. The standard InChI is InChI=1S/C21H26ClN3O2.ClH/c1-15(16-7-3-5-9-18(16)22)24-21(26)14-25-12-11-23-13-19(25)17-8-4-6-10-20(17)27-2;/h3-10,15,19,23H,11-14H2,1-2H3,(H,24,26);1H. The second-order valence-electron chi connectivity index (χ2n) is 6.74. The van der Waals surface area contributed by atoms with Crippen molar-refractivity contribution in [2.45, 2.75) is 19.0 Å². The Bertz CT molecular complexity index is 788. The molecule has 152 valence electrons. The van der Waals surface area contributed by atoms with Gasteiger partial charge in [-0.2, -0.15) is 0 Å². The summed E-state index contributed by atoms with van der Waals surface area (Å²) in [4.78, 5) is 14.9. The van der Waals surface area contributed by atoms with E-state index in [2.05, 4.69) is 21.6 Å². The van der Waals surface area contributed by atoms with E-state index in [1.165, 1.54) is 0 Å². The molecule has 0 aliphatic carbocycles. The van der Waals surface area contributed by atoms with Gasteiger partial charge in [0.15, 0.2) is 0 Å². The summed E-state index contributed by atoms with van der Waals surface area (Å²) in [5.41, 5.74) is 2.02. The minimum atomic E-state index is -0.140. The zero-order chi connectivity index (χ0) is 19.2. The minimum absolute atomic E-state index is 0. The lowest BCUT2D eigenvalue weighted by Crippen LogP contribution is -2.49. The second-order valence-corrected chi connectivity index (χ2v) is 7.15. The summed E-state index contributed by atoms with van der Waals surface area (Å²) in [7, 11) is 1.68. The molecule has 3 rings (SSSR count). The third kappa shape index (κ3) is 5.39. The smallest absolute Gasteiger partial charge is 0.234 e. The molecule has 2 aromatic rings. The molecule has 5 nitrogen and oxygen atoms in total. The maximum Gasteiger partial charge on any atom is 0.234 e. The van der Waals surface area contributed by atoms with Crippen molar-refractivity contribution in [1.29, 1.82) is 0 Å². The fourth-order valence-corrected chi connectivity index (χ4v) is 3.86. The molecule has 1 aliphatic rings. The molecule has 0 spiro atoms. The molecule has 0 saturated carbocycles. The molecule has 0 aromatic heterocycles. The Morgan fingerprint density at radius 2 is 2.00 bits per heavy atom. The number of amides is 1. The predicted octanol–water partition coefficient (Wildman–Crippen LogP) is 3.59. The van der Waals surface area contributed by atoms with Crippen LogP contribution >= 0.6 is 24.0 Å². The van der Waals surface area contributed by atoms with E-state index in [0.29, 0.717) is 11.6 Å². The van der Waals surface area contributed by atoms with E-state index in [4.69, 9.17) is 16.3 Å². The number of carbonyl (C=O) groups is 1. The van der Waals surface area contributed by atoms with Crippen LogP contribution in [0.5, 0.6) is 5.75 Å². The van der Waals surface area contributed by atoms with E-state index >= 15 is 0 Å². The highest BCUT2D eigenvalue weighted by Gasteiger charge is 2.28. The van der Waals surface area contributed by atoms with E-state index in [-0.39, 0.29) is 30.4 Å². The Kier molecular flexibility index (Phi) is 8.58. The first-order valence-corrected chi connectivity index (χ1v) is 9.59. The van der Waals surface area contributed by atoms with Crippen molar-refractivity contribution < 1.29 is 9.53 Å². The van der Waals surface area contributed by atoms with Crippen molar-refractivity contribution in [3.05, 3.63) is 64.7 Å². The molecule has 1 fully saturated rings. The zero-order valence-corrected chi connectivity index (χ0v) is 17.7. The number of nitrogens with one attached hydrogen (secondary N) is 2. The molecule has 2 aromatic carbocycles. The zero-order valence-electron chi connectivity index (χ0n) is 16.2. The van der Waals surface area contributed by atoms with Crippen LogP contribution in [0.3, 0.4) is 0 Å². The van der Waals surface area contributed by atoms with Gasteiger partial charge in [-0.05, 0) is 24.6 Å².